The second-order valence-corrected chi connectivity index (χ2v) is 6.48. The van der Waals surface area contributed by atoms with Crippen molar-refractivity contribution < 1.29 is 4.79 Å². The van der Waals surface area contributed by atoms with Gasteiger partial charge < -0.3 is 9.88 Å². The highest BCUT2D eigenvalue weighted by Gasteiger charge is 2.16. The van der Waals surface area contributed by atoms with E-state index in [0.29, 0.717) is 5.69 Å². The van der Waals surface area contributed by atoms with Crippen molar-refractivity contribution in [2.24, 2.45) is 0 Å². The van der Waals surface area contributed by atoms with Gasteiger partial charge in [-0.25, -0.2) is 0 Å². The first-order valence-electron chi connectivity index (χ1n) is 9.07. The minimum absolute atomic E-state index is 0.175. The monoisotopic (exact) mass is 364 g/mol. The van der Waals surface area contributed by atoms with E-state index in [1.807, 2.05) is 18.2 Å². The van der Waals surface area contributed by atoms with Crippen LogP contribution < -0.4 is 10.9 Å². The van der Waals surface area contributed by atoms with Gasteiger partial charge in [-0.05, 0) is 31.0 Å². The van der Waals surface area contributed by atoms with Crippen molar-refractivity contribution in [2.75, 3.05) is 0 Å². The van der Waals surface area contributed by atoms with Crippen molar-refractivity contribution >= 4 is 5.91 Å². The lowest BCUT2D eigenvalue weighted by Crippen LogP contribution is -2.29. The van der Waals surface area contributed by atoms with Gasteiger partial charge >= 0.3 is 0 Å². The average molecular weight is 364 g/mol. The summed E-state index contributed by atoms with van der Waals surface area (Å²) in [5.74, 6) is 1.37. The van der Waals surface area contributed by atoms with Gasteiger partial charge in [0.2, 0.25) is 0 Å². The summed E-state index contributed by atoms with van der Waals surface area (Å²) in [6.07, 6.45) is 4.32. The fraction of sp³-hybridized carbons (Fsp3) is 0.316. The lowest BCUT2D eigenvalue weighted by atomic mass is 10.2. The van der Waals surface area contributed by atoms with Crippen LogP contribution in [-0.2, 0) is 19.5 Å². The van der Waals surface area contributed by atoms with Gasteiger partial charge in [0.25, 0.3) is 11.5 Å². The van der Waals surface area contributed by atoms with Crippen molar-refractivity contribution in [3.05, 3.63) is 70.2 Å². The van der Waals surface area contributed by atoms with Crippen LogP contribution in [0.5, 0.6) is 0 Å². The van der Waals surface area contributed by atoms with Gasteiger partial charge in [0.1, 0.15) is 11.5 Å². The number of fused-ring (bicyclic) bond motifs is 1. The van der Waals surface area contributed by atoms with Crippen LogP contribution in [0.4, 0.5) is 0 Å². The number of nitrogens with zero attached hydrogens (tertiary/aromatic N) is 5. The smallest absolute Gasteiger partial charge is 0.272 e. The molecule has 0 saturated carbocycles. The number of carbonyl (C=O) groups excluding carboxylic acids is 1. The second kappa shape index (κ2) is 7.53. The molecule has 1 amide bonds. The lowest BCUT2D eigenvalue weighted by Gasteiger charge is -2.09. The zero-order chi connectivity index (χ0) is 18.6. The minimum atomic E-state index is -0.356. The molecule has 27 heavy (non-hydrogen) atoms. The molecule has 0 unspecified atom stereocenters. The summed E-state index contributed by atoms with van der Waals surface area (Å²) in [6, 6.07) is 11.8. The van der Waals surface area contributed by atoms with Crippen molar-refractivity contribution in [3.63, 3.8) is 0 Å². The van der Waals surface area contributed by atoms with Gasteiger partial charge in [-0.1, -0.05) is 24.6 Å². The second-order valence-electron chi connectivity index (χ2n) is 6.48. The van der Waals surface area contributed by atoms with Crippen molar-refractivity contribution in [3.8, 4) is 5.69 Å². The molecule has 0 fully saturated rings. The zero-order valence-electron chi connectivity index (χ0n) is 14.8. The third-order valence-electron chi connectivity index (χ3n) is 4.63. The molecule has 1 N–H and O–H groups in total. The Kier molecular flexibility index (Phi) is 4.78. The van der Waals surface area contributed by atoms with Crippen LogP contribution in [0.25, 0.3) is 5.69 Å². The Morgan fingerprint density at radius 3 is 2.74 bits per heavy atom. The fourth-order valence-corrected chi connectivity index (χ4v) is 3.21. The molecule has 0 bridgehead atoms. The Morgan fingerprint density at radius 1 is 1.04 bits per heavy atom. The van der Waals surface area contributed by atoms with Gasteiger partial charge in [-0.2, -0.15) is 9.78 Å². The molecule has 0 saturated heterocycles. The predicted octanol–water partition coefficient (Wildman–Crippen LogP) is 1.48. The summed E-state index contributed by atoms with van der Waals surface area (Å²) in [7, 11) is 0. The van der Waals surface area contributed by atoms with E-state index in [1.54, 1.807) is 12.1 Å². The number of carbonyl (C=O) groups is 1. The molecule has 4 rings (SSSR count). The molecule has 0 radical (unpaired) electrons. The Hall–Kier alpha value is -3.29. The normalized spacial score (nSPS) is 13.6. The number of nitrogens with one attached hydrogen (secondary N) is 1. The number of hydrogen-bond donors (Lipinski definition) is 1. The summed E-state index contributed by atoms with van der Waals surface area (Å²) in [6.45, 7) is 1.16. The number of para-hydroxylation sites is 1. The summed E-state index contributed by atoms with van der Waals surface area (Å²) in [5, 5.41) is 15.5. The average Bonchev–Trinajstić information content (AvgIpc) is 2.93. The van der Waals surface area contributed by atoms with Crippen LogP contribution in [0.15, 0.2) is 47.3 Å². The summed E-state index contributed by atoms with van der Waals surface area (Å²) in [4.78, 5) is 24.6. The van der Waals surface area contributed by atoms with E-state index in [1.165, 1.54) is 23.2 Å². The topological polar surface area (TPSA) is 94.7 Å². The summed E-state index contributed by atoms with van der Waals surface area (Å²) < 4.78 is 3.31. The maximum absolute atomic E-state index is 12.5. The molecule has 8 heteroatoms. The first kappa shape index (κ1) is 17.1. The number of aromatic nitrogens is 5. The van der Waals surface area contributed by atoms with Gasteiger partial charge in [-0.15, -0.1) is 10.2 Å². The van der Waals surface area contributed by atoms with Crippen molar-refractivity contribution in [2.45, 2.75) is 38.8 Å². The maximum Gasteiger partial charge on any atom is 0.272 e. The molecule has 3 heterocycles. The van der Waals surface area contributed by atoms with E-state index in [2.05, 4.69) is 25.2 Å². The van der Waals surface area contributed by atoms with Gasteiger partial charge in [0.15, 0.2) is 5.82 Å². The Labute approximate surface area is 155 Å². The molecule has 8 nitrogen and oxygen atoms in total. The summed E-state index contributed by atoms with van der Waals surface area (Å²) in [5.41, 5.74) is 0.495. The van der Waals surface area contributed by atoms with Gasteiger partial charge in [0, 0.05) is 19.0 Å². The Bertz CT molecular complexity index is 1010. The Morgan fingerprint density at radius 2 is 1.89 bits per heavy atom. The molecule has 138 valence electrons. The van der Waals surface area contributed by atoms with Crippen LogP contribution in [0, 0.1) is 0 Å². The van der Waals surface area contributed by atoms with Crippen LogP contribution in [-0.4, -0.2) is 30.5 Å². The molecule has 3 aromatic rings. The predicted molar refractivity (Wildman–Crippen MR) is 98.6 cm³/mol. The van der Waals surface area contributed by atoms with Crippen LogP contribution in [0.2, 0.25) is 0 Å². The Balaban J connectivity index is 1.51. The van der Waals surface area contributed by atoms with Crippen molar-refractivity contribution in [1.29, 1.82) is 0 Å². The maximum atomic E-state index is 12.5. The number of hydrogen-bond acceptors (Lipinski definition) is 5. The molecule has 2 aromatic heterocycles. The van der Waals surface area contributed by atoms with E-state index in [0.717, 1.165) is 37.5 Å². The summed E-state index contributed by atoms with van der Waals surface area (Å²) >= 11 is 0. The number of benzene rings is 1. The van der Waals surface area contributed by atoms with Gasteiger partial charge in [-0.3, -0.25) is 9.59 Å². The zero-order valence-corrected chi connectivity index (χ0v) is 14.8. The number of amides is 1. The SMILES string of the molecule is O=C(NCc1nnc2n1CCCCC2)c1ccc(=O)n(-c2ccccc2)n1. The highest BCUT2D eigenvalue weighted by atomic mass is 16.2. The fourth-order valence-electron chi connectivity index (χ4n) is 3.21. The molecule has 1 aliphatic rings. The number of aryl methyl sites for hydroxylation is 1. The van der Waals surface area contributed by atoms with Crippen LogP contribution in [0.1, 0.15) is 41.4 Å². The van der Waals surface area contributed by atoms with E-state index in [-0.39, 0.29) is 23.7 Å². The highest BCUT2D eigenvalue weighted by molar-refractivity contribution is 5.91. The molecule has 0 spiro atoms. The third-order valence-corrected chi connectivity index (χ3v) is 4.63. The first-order chi connectivity index (χ1) is 13.2. The lowest BCUT2D eigenvalue weighted by molar-refractivity contribution is 0.0942. The third kappa shape index (κ3) is 3.64. The number of rotatable bonds is 4. The van der Waals surface area contributed by atoms with E-state index < -0.39 is 0 Å². The van der Waals surface area contributed by atoms with Gasteiger partial charge in [0.05, 0.1) is 12.2 Å². The van der Waals surface area contributed by atoms with Crippen LogP contribution >= 0.6 is 0 Å². The first-order valence-corrected chi connectivity index (χ1v) is 9.07. The van der Waals surface area contributed by atoms with Crippen LogP contribution in [0.3, 0.4) is 0 Å². The molecule has 0 atom stereocenters. The highest BCUT2D eigenvalue weighted by Crippen LogP contribution is 2.14. The van der Waals surface area contributed by atoms with E-state index in [4.69, 9.17) is 0 Å². The largest absolute Gasteiger partial charge is 0.343 e. The molecule has 1 aliphatic heterocycles. The van der Waals surface area contributed by atoms with Crippen molar-refractivity contribution in [1.82, 2.24) is 29.9 Å². The van der Waals surface area contributed by atoms with E-state index >= 15 is 0 Å². The molecule has 0 aliphatic carbocycles. The quantitative estimate of drug-likeness (QED) is 0.757. The van der Waals surface area contributed by atoms with E-state index in [9.17, 15) is 9.59 Å². The molecule has 1 aromatic carbocycles. The standard InChI is InChI=1S/C19H20N6O2/c26-18-11-10-15(23-25(18)14-7-3-1-4-8-14)19(27)20-13-17-22-21-16-9-5-2-6-12-24(16)17/h1,3-4,7-8,10-11H,2,5-6,9,12-13H2,(H,20,27). The minimum Gasteiger partial charge on any atom is -0.343 e. The molecular formula is C19H20N6O2. The molecular weight excluding hydrogens is 344 g/mol.